The van der Waals surface area contributed by atoms with Crippen LogP contribution in [0.4, 0.5) is 0 Å². The molecule has 4 heteroatoms. The largest absolute Gasteiger partial charge is 0.445 e. The molecule has 6 aromatic carbocycles. The fraction of sp³-hybridized carbons (Fsp3) is 0.0732. The molecular weight excluding hydrogens is 552 g/mol. The van der Waals surface area contributed by atoms with Crippen molar-refractivity contribution in [2.24, 2.45) is 0 Å². The van der Waals surface area contributed by atoms with Crippen molar-refractivity contribution in [1.29, 1.82) is 0 Å². The molecular formula is C41H28N2O2. The van der Waals surface area contributed by atoms with E-state index in [0.29, 0.717) is 11.8 Å². The zero-order valence-electron chi connectivity index (χ0n) is 24.9. The van der Waals surface area contributed by atoms with Crippen LogP contribution < -0.4 is 0 Å². The topological polar surface area (TPSA) is 52.1 Å². The van der Waals surface area contributed by atoms with Gasteiger partial charge >= 0.3 is 0 Å². The van der Waals surface area contributed by atoms with Crippen molar-refractivity contribution >= 4 is 21.5 Å². The van der Waals surface area contributed by atoms with Gasteiger partial charge in [-0.1, -0.05) is 86.6 Å². The van der Waals surface area contributed by atoms with Gasteiger partial charge in [-0.15, -0.1) is 0 Å². The Hall–Kier alpha value is -5.74. The van der Waals surface area contributed by atoms with E-state index in [-0.39, 0.29) is 5.41 Å². The summed E-state index contributed by atoms with van der Waals surface area (Å²) in [5.74, 6) is 1.23. The minimum absolute atomic E-state index is 0.131. The van der Waals surface area contributed by atoms with E-state index in [0.717, 1.165) is 22.3 Å². The van der Waals surface area contributed by atoms with Gasteiger partial charge in [-0.3, -0.25) is 0 Å². The number of fused-ring (bicyclic) bond motifs is 5. The Labute approximate surface area is 260 Å². The summed E-state index contributed by atoms with van der Waals surface area (Å²) in [6, 6.07) is 39.6. The van der Waals surface area contributed by atoms with Crippen LogP contribution in [0.5, 0.6) is 0 Å². The molecule has 0 unspecified atom stereocenters. The first-order valence-corrected chi connectivity index (χ1v) is 15.2. The van der Waals surface area contributed by atoms with Crippen molar-refractivity contribution in [2.75, 3.05) is 0 Å². The maximum absolute atomic E-state index is 5.70. The van der Waals surface area contributed by atoms with Gasteiger partial charge in [0.1, 0.15) is 12.5 Å². The van der Waals surface area contributed by atoms with Gasteiger partial charge in [0.15, 0.2) is 0 Å². The lowest BCUT2D eigenvalue weighted by Gasteiger charge is -2.24. The van der Waals surface area contributed by atoms with E-state index >= 15 is 0 Å². The van der Waals surface area contributed by atoms with E-state index in [1.165, 1.54) is 54.9 Å². The van der Waals surface area contributed by atoms with E-state index in [9.17, 15) is 0 Å². The van der Waals surface area contributed by atoms with Crippen molar-refractivity contribution in [3.8, 4) is 56.3 Å². The molecule has 1 aliphatic carbocycles. The summed E-state index contributed by atoms with van der Waals surface area (Å²) in [7, 11) is 0. The number of oxazole rings is 2. The third kappa shape index (κ3) is 3.85. The summed E-state index contributed by atoms with van der Waals surface area (Å²) in [6.45, 7) is 4.68. The van der Waals surface area contributed by atoms with Crippen LogP contribution in [0.25, 0.3) is 77.8 Å². The second-order valence-electron chi connectivity index (χ2n) is 12.2. The van der Waals surface area contributed by atoms with Gasteiger partial charge in [-0.2, -0.15) is 0 Å². The fourth-order valence-corrected chi connectivity index (χ4v) is 7.34. The van der Waals surface area contributed by atoms with Gasteiger partial charge in [0.05, 0.1) is 12.4 Å². The highest BCUT2D eigenvalue weighted by atomic mass is 16.3. The molecule has 0 N–H and O–H groups in total. The van der Waals surface area contributed by atoms with Crippen molar-refractivity contribution < 1.29 is 8.83 Å². The van der Waals surface area contributed by atoms with Crippen LogP contribution in [-0.2, 0) is 5.41 Å². The van der Waals surface area contributed by atoms with E-state index in [1.54, 1.807) is 24.9 Å². The SMILES string of the molecule is CC1(C)c2ccccc2-c2cc3c(-c4cccc(-c5ncco5)c4)c4ccccc4c(-c4cccc(-c5ncco5)c4)c3cc21. The monoisotopic (exact) mass is 580 g/mol. The van der Waals surface area contributed by atoms with E-state index in [4.69, 9.17) is 8.83 Å². The number of hydrogen-bond acceptors (Lipinski definition) is 4. The van der Waals surface area contributed by atoms with Gasteiger partial charge in [0.25, 0.3) is 0 Å². The Kier molecular flexibility index (Phi) is 5.51. The molecule has 0 spiro atoms. The van der Waals surface area contributed by atoms with Crippen LogP contribution in [0.2, 0.25) is 0 Å². The standard InChI is InChI=1S/C41H28N2O2/c1-41(2)35-16-6-5-13-29(35)32-23-33-34(24-36(32)41)38(26-10-8-12-28(22-26)40-43-18-20-45-40)31-15-4-3-14-30(31)37(33)25-9-7-11-27(21-25)39-42-17-19-44-39/h3-24H,1-2H3. The van der Waals surface area contributed by atoms with Gasteiger partial charge in [-0.25, -0.2) is 9.97 Å². The molecule has 0 aliphatic heterocycles. The lowest BCUT2D eigenvalue weighted by atomic mass is 9.79. The average molecular weight is 581 g/mol. The minimum atomic E-state index is -0.131. The molecule has 214 valence electrons. The summed E-state index contributed by atoms with van der Waals surface area (Å²) < 4.78 is 11.4. The van der Waals surface area contributed by atoms with E-state index < -0.39 is 0 Å². The maximum atomic E-state index is 5.70. The van der Waals surface area contributed by atoms with Crippen molar-refractivity contribution in [2.45, 2.75) is 19.3 Å². The number of rotatable bonds is 4. The van der Waals surface area contributed by atoms with Crippen LogP contribution >= 0.6 is 0 Å². The summed E-state index contributed by atoms with van der Waals surface area (Å²) >= 11 is 0. The second-order valence-corrected chi connectivity index (χ2v) is 12.2. The molecule has 0 fully saturated rings. The summed E-state index contributed by atoms with van der Waals surface area (Å²) in [6.07, 6.45) is 6.63. The number of hydrogen-bond donors (Lipinski definition) is 0. The van der Waals surface area contributed by atoms with Gasteiger partial charge < -0.3 is 8.83 Å². The molecule has 0 radical (unpaired) electrons. The third-order valence-electron chi connectivity index (χ3n) is 9.39. The van der Waals surface area contributed by atoms with Crippen LogP contribution in [-0.4, -0.2) is 9.97 Å². The Morgan fingerprint density at radius 1 is 0.467 bits per heavy atom. The number of benzene rings is 6. The first-order chi connectivity index (χ1) is 22.1. The summed E-state index contributed by atoms with van der Waals surface area (Å²) in [5, 5.41) is 4.81. The van der Waals surface area contributed by atoms with Gasteiger partial charge in [0, 0.05) is 16.5 Å². The Bertz CT molecular complexity index is 2400. The molecule has 8 aromatic rings. The van der Waals surface area contributed by atoms with E-state index in [1.807, 2.05) is 0 Å². The predicted molar refractivity (Wildman–Crippen MR) is 181 cm³/mol. The molecule has 9 rings (SSSR count). The lowest BCUT2D eigenvalue weighted by Crippen LogP contribution is -2.14. The van der Waals surface area contributed by atoms with Crippen molar-refractivity contribution in [3.63, 3.8) is 0 Å². The first kappa shape index (κ1) is 25.7. The maximum Gasteiger partial charge on any atom is 0.225 e. The normalized spacial score (nSPS) is 13.3. The van der Waals surface area contributed by atoms with Gasteiger partial charge in [0.2, 0.25) is 11.8 Å². The number of aromatic nitrogens is 2. The van der Waals surface area contributed by atoms with Gasteiger partial charge in [-0.05, 0) is 102 Å². The highest BCUT2D eigenvalue weighted by Crippen LogP contribution is 2.53. The zero-order valence-corrected chi connectivity index (χ0v) is 24.9. The molecule has 2 aromatic heterocycles. The molecule has 0 amide bonds. The molecule has 0 atom stereocenters. The Morgan fingerprint density at radius 3 is 1.58 bits per heavy atom. The fourth-order valence-electron chi connectivity index (χ4n) is 7.34. The van der Waals surface area contributed by atoms with Crippen LogP contribution in [0.15, 0.2) is 143 Å². The highest BCUT2D eigenvalue weighted by molar-refractivity contribution is 6.22. The molecule has 0 saturated heterocycles. The molecule has 2 heterocycles. The molecule has 45 heavy (non-hydrogen) atoms. The summed E-state index contributed by atoms with van der Waals surface area (Å²) in [4.78, 5) is 8.88. The van der Waals surface area contributed by atoms with Crippen LogP contribution in [0.3, 0.4) is 0 Å². The van der Waals surface area contributed by atoms with Crippen molar-refractivity contribution in [1.82, 2.24) is 9.97 Å². The highest BCUT2D eigenvalue weighted by Gasteiger charge is 2.36. The Morgan fingerprint density at radius 2 is 1.00 bits per heavy atom. The number of nitrogens with zero attached hydrogens (tertiary/aromatic N) is 2. The molecule has 1 aliphatic rings. The summed E-state index contributed by atoms with van der Waals surface area (Å²) in [5.41, 5.74) is 11.7. The van der Waals surface area contributed by atoms with Crippen LogP contribution in [0.1, 0.15) is 25.0 Å². The smallest absolute Gasteiger partial charge is 0.225 e. The molecule has 0 bridgehead atoms. The van der Waals surface area contributed by atoms with Crippen LogP contribution in [0, 0.1) is 0 Å². The zero-order chi connectivity index (χ0) is 30.1. The third-order valence-corrected chi connectivity index (χ3v) is 9.39. The first-order valence-electron chi connectivity index (χ1n) is 15.2. The Balaban J connectivity index is 1.43. The second kappa shape index (κ2) is 9.63. The average Bonchev–Trinajstić information content (AvgIpc) is 3.86. The molecule has 0 saturated carbocycles. The molecule has 4 nitrogen and oxygen atoms in total. The lowest BCUT2D eigenvalue weighted by molar-refractivity contribution is 0.574. The van der Waals surface area contributed by atoms with E-state index in [2.05, 4.69) is 133 Å². The van der Waals surface area contributed by atoms with Crippen molar-refractivity contribution in [3.05, 3.63) is 145 Å². The quantitative estimate of drug-likeness (QED) is 0.194. The predicted octanol–water partition coefficient (Wildman–Crippen LogP) is 10.9. The minimum Gasteiger partial charge on any atom is -0.445 e.